The summed E-state index contributed by atoms with van der Waals surface area (Å²) < 4.78 is 7.57. The Morgan fingerprint density at radius 1 is 1.50 bits per heavy atom. The highest BCUT2D eigenvalue weighted by molar-refractivity contribution is 7.98. The molecule has 1 rings (SSSR count). The van der Waals surface area contributed by atoms with Crippen LogP contribution in [0.3, 0.4) is 0 Å². The first-order valence-corrected chi connectivity index (χ1v) is 8.50. The minimum absolute atomic E-state index is 0.282. The van der Waals surface area contributed by atoms with Crippen LogP contribution in [0.4, 0.5) is 0 Å². The van der Waals surface area contributed by atoms with Gasteiger partial charge in [0.05, 0.1) is 31.6 Å². The van der Waals surface area contributed by atoms with E-state index >= 15 is 0 Å². The zero-order valence-electron chi connectivity index (χ0n) is 13.3. The van der Waals surface area contributed by atoms with Crippen molar-refractivity contribution in [3.8, 4) is 5.75 Å². The Kier molecular flexibility index (Phi) is 8.02. The van der Waals surface area contributed by atoms with Gasteiger partial charge in [-0.2, -0.15) is 16.9 Å². The Morgan fingerprint density at radius 3 is 2.80 bits per heavy atom. The molecule has 0 spiro atoms. The smallest absolute Gasteiger partial charge is 0.161 e. The number of nitrogens with zero attached hydrogens (tertiary/aromatic N) is 3. The summed E-state index contributed by atoms with van der Waals surface area (Å²) in [4.78, 5) is 2.17. The third-order valence-electron chi connectivity index (χ3n) is 3.13. The van der Waals surface area contributed by atoms with Gasteiger partial charge in [0.25, 0.3) is 0 Å². The lowest BCUT2D eigenvalue weighted by Gasteiger charge is -2.21. The third kappa shape index (κ3) is 5.00. The molecule has 0 aliphatic rings. The zero-order chi connectivity index (χ0) is 15.0. The van der Waals surface area contributed by atoms with Crippen molar-refractivity contribution in [3.63, 3.8) is 0 Å². The molecule has 0 aliphatic heterocycles. The first-order valence-electron chi connectivity index (χ1n) is 7.10. The summed E-state index contributed by atoms with van der Waals surface area (Å²) in [6.45, 7) is 5.04. The average Bonchev–Trinajstić information content (AvgIpc) is 2.84. The van der Waals surface area contributed by atoms with Crippen LogP contribution < -0.4 is 10.1 Å². The molecule has 0 fully saturated rings. The van der Waals surface area contributed by atoms with E-state index in [0.717, 1.165) is 43.3 Å². The number of hydrogen-bond acceptors (Lipinski definition) is 5. The van der Waals surface area contributed by atoms with E-state index in [2.05, 4.69) is 47.3 Å². The van der Waals surface area contributed by atoms with Crippen LogP contribution in [0.2, 0.25) is 0 Å². The van der Waals surface area contributed by atoms with Gasteiger partial charge in [-0.1, -0.05) is 6.92 Å². The maximum absolute atomic E-state index is 5.49. The molecule has 0 saturated carbocycles. The van der Waals surface area contributed by atoms with Gasteiger partial charge in [0.15, 0.2) is 5.75 Å². The molecule has 0 saturated heterocycles. The number of nitrogens with one attached hydrogen (secondary N) is 1. The van der Waals surface area contributed by atoms with Crippen molar-refractivity contribution in [1.29, 1.82) is 0 Å². The van der Waals surface area contributed by atoms with Crippen LogP contribution in [-0.2, 0) is 6.54 Å². The Bertz CT molecular complexity index is 381. The summed E-state index contributed by atoms with van der Waals surface area (Å²) in [6.07, 6.45) is 5.08. The van der Waals surface area contributed by atoms with Crippen molar-refractivity contribution in [2.75, 3.05) is 46.3 Å². The number of ether oxygens (including phenoxy) is 1. The fraction of sp³-hybridized carbons (Fsp3) is 0.786. The number of likely N-dealkylation sites (N-methyl/N-ethyl adjacent to an activating group) is 1. The van der Waals surface area contributed by atoms with Gasteiger partial charge in [-0.25, -0.2) is 0 Å². The van der Waals surface area contributed by atoms with Crippen LogP contribution in [0.1, 0.15) is 25.1 Å². The van der Waals surface area contributed by atoms with Gasteiger partial charge < -0.3 is 15.0 Å². The lowest BCUT2D eigenvalue weighted by Crippen LogP contribution is -2.28. The van der Waals surface area contributed by atoms with Gasteiger partial charge in [0.1, 0.15) is 0 Å². The zero-order valence-corrected chi connectivity index (χ0v) is 14.2. The normalized spacial score (nSPS) is 12.9. The largest absolute Gasteiger partial charge is 0.493 e. The van der Waals surface area contributed by atoms with Crippen LogP contribution in [0.5, 0.6) is 5.75 Å². The summed E-state index contributed by atoms with van der Waals surface area (Å²) in [7, 11) is 5.87. The summed E-state index contributed by atoms with van der Waals surface area (Å²) in [5.41, 5.74) is 1.16. The highest BCUT2D eigenvalue weighted by Gasteiger charge is 2.21. The van der Waals surface area contributed by atoms with E-state index in [1.807, 2.05) is 18.0 Å². The maximum Gasteiger partial charge on any atom is 0.161 e. The van der Waals surface area contributed by atoms with E-state index in [0.29, 0.717) is 0 Å². The Labute approximate surface area is 127 Å². The molecule has 0 aromatic carbocycles. The first kappa shape index (κ1) is 17.3. The number of hydrogen-bond donors (Lipinski definition) is 1. The molecule has 20 heavy (non-hydrogen) atoms. The second-order valence-electron chi connectivity index (χ2n) is 5.09. The summed E-state index contributed by atoms with van der Waals surface area (Å²) in [5.74, 6) is 1.90. The second-order valence-corrected chi connectivity index (χ2v) is 6.00. The first-order chi connectivity index (χ1) is 9.63. The molecule has 5 nitrogen and oxygen atoms in total. The molecule has 1 aromatic rings. The minimum atomic E-state index is 0.282. The maximum atomic E-state index is 5.49. The number of methoxy groups -OCH3 is 1. The Hall–Kier alpha value is -0.720. The molecule has 0 bridgehead atoms. The van der Waals surface area contributed by atoms with Gasteiger partial charge in [-0.15, -0.1) is 0 Å². The van der Waals surface area contributed by atoms with Crippen molar-refractivity contribution >= 4 is 11.8 Å². The average molecular weight is 300 g/mol. The molecule has 0 radical (unpaired) electrons. The van der Waals surface area contributed by atoms with E-state index < -0.39 is 0 Å². The molecule has 6 heteroatoms. The van der Waals surface area contributed by atoms with Crippen LogP contribution in [0.15, 0.2) is 6.20 Å². The molecule has 0 aliphatic carbocycles. The second kappa shape index (κ2) is 9.26. The predicted molar refractivity (Wildman–Crippen MR) is 86.7 cm³/mol. The molecule has 1 unspecified atom stereocenters. The Morgan fingerprint density at radius 2 is 2.25 bits per heavy atom. The standard InChI is InChI=1S/C14H28N4OS/c1-6-7-15-12(11-20-5)14-13(19-4)10-16-18(14)9-8-17(2)3/h10,12,15H,6-9,11H2,1-5H3. The van der Waals surface area contributed by atoms with Gasteiger partial charge in [-0.3, -0.25) is 4.68 Å². The fourth-order valence-electron chi connectivity index (χ4n) is 2.08. The van der Waals surface area contributed by atoms with Crippen LogP contribution in [-0.4, -0.2) is 61.0 Å². The molecule has 116 valence electrons. The molecule has 1 atom stereocenters. The van der Waals surface area contributed by atoms with Crippen LogP contribution in [0, 0.1) is 0 Å². The summed E-state index contributed by atoms with van der Waals surface area (Å²) >= 11 is 1.84. The molecular weight excluding hydrogens is 272 g/mol. The minimum Gasteiger partial charge on any atom is -0.493 e. The van der Waals surface area contributed by atoms with Crippen LogP contribution in [0.25, 0.3) is 0 Å². The highest BCUT2D eigenvalue weighted by Crippen LogP contribution is 2.27. The van der Waals surface area contributed by atoms with Crippen LogP contribution >= 0.6 is 11.8 Å². The quantitative estimate of drug-likeness (QED) is 0.714. The topological polar surface area (TPSA) is 42.3 Å². The molecule has 1 heterocycles. The van der Waals surface area contributed by atoms with E-state index in [9.17, 15) is 0 Å². The SMILES string of the molecule is CCCNC(CSC)c1c(OC)cnn1CCN(C)C. The molecule has 1 aromatic heterocycles. The van der Waals surface area contributed by atoms with Gasteiger partial charge in [0, 0.05) is 12.3 Å². The van der Waals surface area contributed by atoms with Gasteiger partial charge >= 0.3 is 0 Å². The number of thioether (sulfide) groups is 1. The van der Waals surface area contributed by atoms with Crippen molar-refractivity contribution in [2.45, 2.75) is 25.9 Å². The van der Waals surface area contributed by atoms with E-state index in [4.69, 9.17) is 4.74 Å². The lowest BCUT2D eigenvalue weighted by atomic mass is 10.2. The van der Waals surface area contributed by atoms with E-state index in [-0.39, 0.29) is 6.04 Å². The van der Waals surface area contributed by atoms with E-state index in [1.54, 1.807) is 7.11 Å². The van der Waals surface area contributed by atoms with E-state index in [1.165, 1.54) is 0 Å². The highest BCUT2D eigenvalue weighted by atomic mass is 32.2. The van der Waals surface area contributed by atoms with Crippen molar-refractivity contribution < 1.29 is 4.74 Å². The van der Waals surface area contributed by atoms with Crippen molar-refractivity contribution in [2.24, 2.45) is 0 Å². The van der Waals surface area contributed by atoms with Crippen molar-refractivity contribution in [1.82, 2.24) is 20.0 Å². The van der Waals surface area contributed by atoms with Gasteiger partial charge in [-0.05, 0) is 33.3 Å². The Balaban J connectivity index is 2.93. The molecular formula is C14H28N4OS. The molecule has 1 N–H and O–H groups in total. The van der Waals surface area contributed by atoms with Gasteiger partial charge in [0.2, 0.25) is 0 Å². The summed E-state index contributed by atoms with van der Waals surface area (Å²) in [5, 5.41) is 8.09. The predicted octanol–water partition coefficient (Wildman–Crippen LogP) is 1.86. The number of aromatic nitrogens is 2. The monoisotopic (exact) mass is 300 g/mol. The third-order valence-corrected chi connectivity index (χ3v) is 3.79. The summed E-state index contributed by atoms with van der Waals surface area (Å²) in [6, 6.07) is 0.282. The number of rotatable bonds is 10. The molecule has 0 amide bonds. The van der Waals surface area contributed by atoms with Crippen molar-refractivity contribution in [3.05, 3.63) is 11.9 Å². The fourth-order valence-corrected chi connectivity index (χ4v) is 2.69. The lowest BCUT2D eigenvalue weighted by molar-refractivity contribution is 0.357.